The molecule has 0 saturated heterocycles. The van der Waals surface area contributed by atoms with E-state index in [0.29, 0.717) is 19.5 Å². The van der Waals surface area contributed by atoms with Gasteiger partial charge in [-0.1, -0.05) is 19.1 Å². The third-order valence-corrected chi connectivity index (χ3v) is 4.47. The lowest BCUT2D eigenvalue weighted by molar-refractivity contribution is -0.113. The molecule has 7 nitrogen and oxygen atoms in total. The zero-order valence-electron chi connectivity index (χ0n) is 12.5. The van der Waals surface area contributed by atoms with Crippen LogP contribution in [0.4, 0.5) is 5.69 Å². The Morgan fingerprint density at radius 1 is 1.23 bits per heavy atom. The molecule has 0 aliphatic carbocycles. The van der Waals surface area contributed by atoms with E-state index in [9.17, 15) is 18.0 Å². The SMILES string of the molecule is CCCS(=O)(=O)CC(=O)Nc1ccccc1C(=O)NCCN. The molecule has 0 fully saturated rings. The molecule has 1 aromatic rings. The van der Waals surface area contributed by atoms with Crippen molar-refractivity contribution in [2.24, 2.45) is 5.73 Å². The number of benzene rings is 1. The molecule has 0 atom stereocenters. The summed E-state index contributed by atoms with van der Waals surface area (Å²) in [5.41, 5.74) is 5.85. The Hall–Kier alpha value is -1.93. The fraction of sp³-hybridized carbons (Fsp3) is 0.429. The minimum Gasteiger partial charge on any atom is -0.351 e. The van der Waals surface area contributed by atoms with Crippen molar-refractivity contribution in [3.05, 3.63) is 29.8 Å². The van der Waals surface area contributed by atoms with Crippen LogP contribution in [-0.2, 0) is 14.6 Å². The largest absolute Gasteiger partial charge is 0.351 e. The summed E-state index contributed by atoms with van der Waals surface area (Å²) < 4.78 is 23.3. The molecular weight excluding hydrogens is 306 g/mol. The number of nitrogens with one attached hydrogen (secondary N) is 2. The van der Waals surface area contributed by atoms with E-state index in [1.54, 1.807) is 31.2 Å². The third-order valence-electron chi connectivity index (χ3n) is 2.74. The highest BCUT2D eigenvalue weighted by molar-refractivity contribution is 7.92. The highest BCUT2D eigenvalue weighted by Crippen LogP contribution is 2.15. The lowest BCUT2D eigenvalue weighted by Crippen LogP contribution is -2.30. The lowest BCUT2D eigenvalue weighted by atomic mass is 10.1. The Morgan fingerprint density at radius 2 is 1.91 bits per heavy atom. The van der Waals surface area contributed by atoms with E-state index in [1.807, 2.05) is 0 Å². The number of hydrogen-bond donors (Lipinski definition) is 3. The van der Waals surface area contributed by atoms with E-state index in [1.165, 1.54) is 0 Å². The van der Waals surface area contributed by atoms with Crippen molar-refractivity contribution in [3.63, 3.8) is 0 Å². The van der Waals surface area contributed by atoms with Crippen LogP contribution in [0.3, 0.4) is 0 Å². The van der Waals surface area contributed by atoms with Crippen molar-refractivity contribution in [2.45, 2.75) is 13.3 Å². The number of nitrogens with two attached hydrogens (primary N) is 1. The molecule has 0 unspecified atom stereocenters. The molecule has 122 valence electrons. The van der Waals surface area contributed by atoms with E-state index in [4.69, 9.17) is 5.73 Å². The average molecular weight is 327 g/mol. The smallest absolute Gasteiger partial charge is 0.253 e. The van der Waals surface area contributed by atoms with Gasteiger partial charge in [0.15, 0.2) is 9.84 Å². The van der Waals surface area contributed by atoms with Gasteiger partial charge in [0.1, 0.15) is 5.75 Å². The van der Waals surface area contributed by atoms with Crippen LogP contribution in [0.25, 0.3) is 0 Å². The van der Waals surface area contributed by atoms with Crippen molar-refractivity contribution in [1.82, 2.24) is 5.32 Å². The molecule has 22 heavy (non-hydrogen) atoms. The normalized spacial score (nSPS) is 11.0. The van der Waals surface area contributed by atoms with Crippen LogP contribution in [0.1, 0.15) is 23.7 Å². The summed E-state index contributed by atoms with van der Waals surface area (Å²) in [5, 5.41) is 5.07. The van der Waals surface area contributed by atoms with Gasteiger partial charge in [0.25, 0.3) is 5.91 Å². The van der Waals surface area contributed by atoms with Crippen LogP contribution in [0.15, 0.2) is 24.3 Å². The van der Waals surface area contributed by atoms with E-state index in [0.717, 1.165) is 0 Å². The zero-order chi connectivity index (χ0) is 16.6. The van der Waals surface area contributed by atoms with Gasteiger partial charge in [-0.3, -0.25) is 9.59 Å². The van der Waals surface area contributed by atoms with Crippen LogP contribution in [-0.4, -0.2) is 44.8 Å². The van der Waals surface area contributed by atoms with Gasteiger partial charge in [-0.25, -0.2) is 8.42 Å². The second-order valence-electron chi connectivity index (χ2n) is 4.73. The molecule has 0 spiro atoms. The van der Waals surface area contributed by atoms with E-state index >= 15 is 0 Å². The standard InChI is InChI=1S/C14H21N3O4S/c1-2-9-22(20,21)10-13(18)17-12-6-4-3-5-11(12)14(19)16-8-7-15/h3-6H,2,7-10,15H2,1H3,(H,16,19)(H,17,18). The summed E-state index contributed by atoms with van der Waals surface area (Å²) in [5.74, 6) is -1.68. The van der Waals surface area contributed by atoms with E-state index < -0.39 is 21.5 Å². The van der Waals surface area contributed by atoms with Gasteiger partial charge >= 0.3 is 0 Å². The topological polar surface area (TPSA) is 118 Å². The summed E-state index contributed by atoms with van der Waals surface area (Å²) >= 11 is 0. The fourth-order valence-electron chi connectivity index (χ4n) is 1.84. The van der Waals surface area contributed by atoms with Crippen LogP contribution in [0.2, 0.25) is 0 Å². The maximum atomic E-state index is 12.0. The summed E-state index contributed by atoms with van der Waals surface area (Å²) in [6.45, 7) is 2.34. The van der Waals surface area contributed by atoms with E-state index in [2.05, 4.69) is 10.6 Å². The Morgan fingerprint density at radius 3 is 2.55 bits per heavy atom. The van der Waals surface area contributed by atoms with Crippen molar-refractivity contribution >= 4 is 27.3 Å². The Labute approximate surface area is 130 Å². The van der Waals surface area contributed by atoms with Gasteiger partial charge in [-0.05, 0) is 18.6 Å². The predicted octanol–water partition coefficient (Wildman–Crippen LogP) is 0.138. The zero-order valence-corrected chi connectivity index (χ0v) is 13.3. The van der Waals surface area contributed by atoms with Crippen LogP contribution in [0, 0.1) is 0 Å². The molecule has 0 aromatic heterocycles. The first-order chi connectivity index (χ1) is 10.4. The maximum Gasteiger partial charge on any atom is 0.253 e. The van der Waals surface area contributed by atoms with Crippen LogP contribution in [0.5, 0.6) is 0 Å². The number of carbonyl (C=O) groups excluding carboxylic acids is 2. The number of rotatable bonds is 8. The second kappa shape index (κ2) is 8.50. The van der Waals surface area contributed by atoms with Gasteiger partial charge in [0.2, 0.25) is 5.91 Å². The quantitative estimate of drug-likeness (QED) is 0.627. The van der Waals surface area contributed by atoms with Crippen molar-refractivity contribution < 1.29 is 18.0 Å². The first-order valence-electron chi connectivity index (χ1n) is 6.97. The molecule has 0 saturated carbocycles. The molecule has 4 N–H and O–H groups in total. The molecule has 0 heterocycles. The average Bonchev–Trinajstić information content (AvgIpc) is 2.44. The number of para-hydroxylation sites is 1. The molecule has 8 heteroatoms. The van der Waals surface area contributed by atoms with Gasteiger partial charge in [-0.15, -0.1) is 0 Å². The fourth-order valence-corrected chi connectivity index (χ4v) is 3.08. The highest BCUT2D eigenvalue weighted by Gasteiger charge is 2.18. The number of hydrogen-bond acceptors (Lipinski definition) is 5. The molecule has 2 amide bonds. The summed E-state index contributed by atoms with van der Waals surface area (Å²) in [6, 6.07) is 6.39. The Kier molecular flexibility index (Phi) is 7.00. The summed E-state index contributed by atoms with van der Waals surface area (Å²) in [4.78, 5) is 23.8. The highest BCUT2D eigenvalue weighted by atomic mass is 32.2. The molecule has 0 radical (unpaired) electrons. The van der Waals surface area contributed by atoms with Gasteiger partial charge in [0.05, 0.1) is 17.0 Å². The minimum absolute atomic E-state index is 0.0426. The molecular formula is C14H21N3O4S. The first-order valence-corrected chi connectivity index (χ1v) is 8.79. The Balaban J connectivity index is 2.81. The van der Waals surface area contributed by atoms with Gasteiger partial charge < -0.3 is 16.4 Å². The molecule has 1 aromatic carbocycles. The second-order valence-corrected chi connectivity index (χ2v) is 6.91. The maximum absolute atomic E-state index is 12.0. The van der Waals surface area contributed by atoms with Crippen molar-refractivity contribution in [3.8, 4) is 0 Å². The van der Waals surface area contributed by atoms with Crippen LogP contribution < -0.4 is 16.4 Å². The van der Waals surface area contributed by atoms with Crippen molar-refractivity contribution in [1.29, 1.82) is 0 Å². The molecule has 0 bridgehead atoms. The third kappa shape index (κ3) is 5.82. The van der Waals surface area contributed by atoms with Gasteiger partial charge in [0, 0.05) is 13.1 Å². The molecule has 1 rings (SSSR count). The van der Waals surface area contributed by atoms with Crippen LogP contribution >= 0.6 is 0 Å². The van der Waals surface area contributed by atoms with E-state index in [-0.39, 0.29) is 22.9 Å². The summed E-state index contributed by atoms with van der Waals surface area (Å²) in [6.07, 6.45) is 0.452. The number of sulfone groups is 1. The molecule has 0 aliphatic rings. The molecule has 0 aliphatic heterocycles. The lowest BCUT2D eigenvalue weighted by Gasteiger charge is -2.11. The monoisotopic (exact) mass is 327 g/mol. The number of amides is 2. The first kappa shape index (κ1) is 18.1. The van der Waals surface area contributed by atoms with Gasteiger partial charge in [-0.2, -0.15) is 0 Å². The predicted molar refractivity (Wildman–Crippen MR) is 85.4 cm³/mol. The number of carbonyl (C=O) groups is 2. The summed E-state index contributed by atoms with van der Waals surface area (Å²) in [7, 11) is -3.43. The Bertz CT molecular complexity index is 629. The minimum atomic E-state index is -3.43. The van der Waals surface area contributed by atoms with Crippen molar-refractivity contribution in [2.75, 3.05) is 29.9 Å². The number of anilines is 1.